The number of nitrogens with zero attached hydrogens (tertiary/aromatic N) is 1. The van der Waals surface area contributed by atoms with E-state index in [1.165, 1.54) is 0 Å². The highest BCUT2D eigenvalue weighted by Gasteiger charge is 2.20. The van der Waals surface area contributed by atoms with Crippen LogP contribution >= 0.6 is 0 Å². The molecule has 0 N–H and O–H groups in total. The Kier molecular flexibility index (Phi) is 4.47. The second kappa shape index (κ2) is 7.08. The lowest BCUT2D eigenvalue weighted by Gasteiger charge is -2.20. The third kappa shape index (κ3) is 3.22. The van der Waals surface area contributed by atoms with Crippen molar-refractivity contribution in [3.63, 3.8) is 0 Å². The van der Waals surface area contributed by atoms with E-state index in [2.05, 4.69) is 41.3 Å². The number of carbonyl (C=O) groups is 1. The van der Waals surface area contributed by atoms with Gasteiger partial charge in [-0.25, -0.2) is 0 Å². The molecule has 0 spiro atoms. The number of hydrogen-bond donors (Lipinski definition) is 0. The molecule has 1 aliphatic rings. The molecular weight excluding hydrogens is 330 g/mol. The summed E-state index contributed by atoms with van der Waals surface area (Å²) in [6.07, 6.45) is 3.63. The van der Waals surface area contributed by atoms with Gasteiger partial charge in [0.15, 0.2) is 5.78 Å². The molecule has 0 atom stereocenters. The van der Waals surface area contributed by atoms with Crippen molar-refractivity contribution in [2.45, 2.75) is 0 Å². The predicted molar refractivity (Wildman–Crippen MR) is 113 cm³/mol. The lowest BCUT2D eigenvalue weighted by Crippen LogP contribution is -2.08. The molecule has 2 nitrogen and oxygen atoms in total. The molecule has 0 unspecified atom stereocenters. The van der Waals surface area contributed by atoms with Crippen LogP contribution in [0.4, 0.5) is 5.69 Å². The normalized spacial score (nSPS) is 14.7. The molecule has 1 aliphatic carbocycles. The molecule has 3 aromatic carbocycles. The molecular formula is C25H21NO. The maximum absolute atomic E-state index is 12.3. The monoisotopic (exact) mass is 351 g/mol. The molecule has 4 rings (SSSR count). The van der Waals surface area contributed by atoms with E-state index in [0.717, 1.165) is 39.1 Å². The summed E-state index contributed by atoms with van der Waals surface area (Å²) in [7, 11) is 4.08. The van der Waals surface area contributed by atoms with E-state index in [1.54, 1.807) is 6.08 Å². The Morgan fingerprint density at radius 1 is 0.667 bits per heavy atom. The van der Waals surface area contributed by atoms with E-state index in [4.69, 9.17) is 0 Å². The Hall–Kier alpha value is -3.39. The lowest BCUT2D eigenvalue weighted by atomic mass is 9.84. The average Bonchev–Trinajstić information content (AvgIpc) is 2.71. The third-order valence-corrected chi connectivity index (χ3v) is 4.89. The molecule has 0 saturated carbocycles. The number of ketones is 1. The summed E-state index contributed by atoms with van der Waals surface area (Å²) in [6.45, 7) is 0. The molecule has 0 radical (unpaired) electrons. The van der Waals surface area contributed by atoms with Gasteiger partial charge in [0.25, 0.3) is 0 Å². The van der Waals surface area contributed by atoms with Crippen LogP contribution in [0.5, 0.6) is 0 Å². The molecule has 0 heterocycles. The van der Waals surface area contributed by atoms with Gasteiger partial charge in [-0.2, -0.15) is 0 Å². The fraction of sp³-hybridized carbons (Fsp3) is 0.0800. The second-order valence-electron chi connectivity index (χ2n) is 6.84. The smallest absolute Gasteiger partial charge is 0.186 e. The maximum Gasteiger partial charge on any atom is 0.186 e. The highest BCUT2D eigenvalue weighted by Crippen LogP contribution is 2.37. The van der Waals surface area contributed by atoms with Crippen molar-refractivity contribution in [1.82, 2.24) is 0 Å². The van der Waals surface area contributed by atoms with Gasteiger partial charge in [-0.3, -0.25) is 4.79 Å². The van der Waals surface area contributed by atoms with Gasteiger partial charge in [0.05, 0.1) is 0 Å². The SMILES string of the molecule is CN(C)c1ccc(/C(=C2/C=CC(=O)c3ccccc32)c2ccccc2)cc1. The average molecular weight is 351 g/mol. The minimum absolute atomic E-state index is 0.0599. The van der Waals surface area contributed by atoms with Crippen molar-refractivity contribution in [1.29, 1.82) is 0 Å². The van der Waals surface area contributed by atoms with Crippen LogP contribution in [0.1, 0.15) is 27.0 Å². The number of allylic oxidation sites excluding steroid dienone is 3. The van der Waals surface area contributed by atoms with Gasteiger partial charge in [-0.1, -0.05) is 66.7 Å². The van der Waals surface area contributed by atoms with E-state index in [9.17, 15) is 4.79 Å². The van der Waals surface area contributed by atoms with Crippen LogP contribution < -0.4 is 4.90 Å². The molecule has 2 heteroatoms. The third-order valence-electron chi connectivity index (χ3n) is 4.89. The molecule has 0 bridgehead atoms. The van der Waals surface area contributed by atoms with Gasteiger partial charge in [0.2, 0.25) is 0 Å². The maximum atomic E-state index is 12.3. The molecule has 3 aromatic rings. The van der Waals surface area contributed by atoms with E-state index in [-0.39, 0.29) is 5.78 Å². The summed E-state index contributed by atoms with van der Waals surface area (Å²) in [5.41, 5.74) is 7.39. The highest BCUT2D eigenvalue weighted by molar-refractivity contribution is 6.16. The van der Waals surface area contributed by atoms with Crippen LogP contribution in [0.3, 0.4) is 0 Å². The first-order valence-electron chi connectivity index (χ1n) is 9.04. The summed E-state index contributed by atoms with van der Waals surface area (Å²) in [4.78, 5) is 14.4. The fourth-order valence-electron chi connectivity index (χ4n) is 3.50. The number of fused-ring (bicyclic) bond motifs is 1. The van der Waals surface area contributed by atoms with Crippen LogP contribution in [-0.4, -0.2) is 19.9 Å². The number of benzene rings is 3. The van der Waals surface area contributed by atoms with Crippen molar-refractivity contribution in [2.75, 3.05) is 19.0 Å². The van der Waals surface area contributed by atoms with Gasteiger partial charge < -0.3 is 4.90 Å². The van der Waals surface area contributed by atoms with Gasteiger partial charge >= 0.3 is 0 Å². The van der Waals surface area contributed by atoms with E-state index in [1.807, 2.05) is 62.6 Å². The Bertz CT molecular complexity index is 1040. The van der Waals surface area contributed by atoms with Gasteiger partial charge in [0.1, 0.15) is 0 Å². The first-order valence-corrected chi connectivity index (χ1v) is 9.04. The van der Waals surface area contributed by atoms with E-state index in [0.29, 0.717) is 0 Å². The van der Waals surface area contributed by atoms with Crippen molar-refractivity contribution < 1.29 is 4.79 Å². The minimum atomic E-state index is 0.0599. The van der Waals surface area contributed by atoms with Crippen LogP contribution in [0.2, 0.25) is 0 Å². The Balaban J connectivity index is 1.98. The fourth-order valence-corrected chi connectivity index (χ4v) is 3.50. The predicted octanol–water partition coefficient (Wildman–Crippen LogP) is 5.46. The van der Waals surface area contributed by atoms with Crippen molar-refractivity contribution in [3.05, 3.63) is 113 Å². The molecule has 0 aromatic heterocycles. The van der Waals surface area contributed by atoms with Crippen molar-refractivity contribution >= 4 is 22.6 Å². The van der Waals surface area contributed by atoms with Gasteiger partial charge in [-0.15, -0.1) is 0 Å². The quantitative estimate of drug-likeness (QED) is 0.624. The van der Waals surface area contributed by atoms with Crippen LogP contribution in [-0.2, 0) is 0 Å². The van der Waals surface area contributed by atoms with Crippen LogP contribution in [0, 0.1) is 0 Å². The first-order chi connectivity index (χ1) is 13.1. The van der Waals surface area contributed by atoms with E-state index >= 15 is 0 Å². The summed E-state index contributed by atoms with van der Waals surface area (Å²) < 4.78 is 0. The Morgan fingerprint density at radius 3 is 1.93 bits per heavy atom. The van der Waals surface area contributed by atoms with Crippen LogP contribution in [0.25, 0.3) is 11.1 Å². The van der Waals surface area contributed by atoms with E-state index < -0.39 is 0 Å². The largest absolute Gasteiger partial charge is 0.378 e. The second-order valence-corrected chi connectivity index (χ2v) is 6.84. The molecule has 0 saturated heterocycles. The molecule has 0 aliphatic heterocycles. The highest BCUT2D eigenvalue weighted by atomic mass is 16.1. The van der Waals surface area contributed by atoms with Gasteiger partial charge in [0, 0.05) is 25.3 Å². The Labute approximate surface area is 160 Å². The summed E-state index contributed by atoms with van der Waals surface area (Å²) in [5, 5.41) is 0. The molecule has 132 valence electrons. The first kappa shape index (κ1) is 17.0. The summed E-state index contributed by atoms with van der Waals surface area (Å²) in [5.74, 6) is 0.0599. The number of rotatable bonds is 3. The van der Waals surface area contributed by atoms with Crippen molar-refractivity contribution in [3.8, 4) is 0 Å². The number of carbonyl (C=O) groups excluding carboxylic acids is 1. The Morgan fingerprint density at radius 2 is 1.26 bits per heavy atom. The van der Waals surface area contributed by atoms with Crippen LogP contribution in [0.15, 0.2) is 91.0 Å². The zero-order valence-corrected chi connectivity index (χ0v) is 15.5. The molecule has 0 fully saturated rings. The minimum Gasteiger partial charge on any atom is -0.378 e. The number of hydrogen-bond acceptors (Lipinski definition) is 2. The zero-order chi connectivity index (χ0) is 18.8. The summed E-state index contributed by atoms with van der Waals surface area (Å²) in [6, 6.07) is 26.8. The summed E-state index contributed by atoms with van der Waals surface area (Å²) >= 11 is 0. The molecule has 27 heavy (non-hydrogen) atoms. The van der Waals surface area contributed by atoms with Gasteiger partial charge in [-0.05, 0) is 52.1 Å². The topological polar surface area (TPSA) is 20.3 Å². The van der Waals surface area contributed by atoms with Crippen molar-refractivity contribution in [2.24, 2.45) is 0 Å². The standard InChI is InChI=1S/C25H21NO/c1-26(2)20-14-12-19(13-15-20)25(18-8-4-3-5-9-18)23-16-17-24(27)22-11-7-6-10-21(22)23/h3-17H,1-2H3/b25-23-. The lowest BCUT2D eigenvalue weighted by molar-refractivity contribution is 0.104. The zero-order valence-electron chi connectivity index (χ0n) is 15.5. The molecule has 0 amide bonds. The number of anilines is 1.